The van der Waals surface area contributed by atoms with Crippen LogP contribution in [-0.4, -0.2) is 35.2 Å². The zero-order valence-corrected chi connectivity index (χ0v) is 15.9. The quantitative estimate of drug-likeness (QED) is 0.769. The van der Waals surface area contributed by atoms with E-state index in [4.69, 9.17) is 4.74 Å². The number of carbonyl (C=O) groups excluding carboxylic acids is 1. The molecule has 0 fully saturated rings. The molecule has 1 N–H and O–H groups in total. The summed E-state index contributed by atoms with van der Waals surface area (Å²) in [4.78, 5) is 19.4. The third kappa shape index (κ3) is 3.23. The molecule has 0 saturated heterocycles. The maximum Gasteiger partial charge on any atom is 0.267 e. The molecule has 0 saturated carbocycles. The number of ether oxygens (including phenoxy) is 1. The average molecular weight is 364 g/mol. The van der Waals surface area contributed by atoms with Crippen molar-refractivity contribution in [1.29, 1.82) is 0 Å². The van der Waals surface area contributed by atoms with Crippen LogP contribution >= 0.6 is 0 Å². The number of nitrogens with one attached hydrogen (secondary N) is 1. The highest BCUT2D eigenvalue weighted by Crippen LogP contribution is 2.32. The molecule has 1 aliphatic heterocycles. The van der Waals surface area contributed by atoms with Gasteiger partial charge < -0.3 is 19.5 Å². The lowest BCUT2D eigenvalue weighted by Gasteiger charge is -2.32. The zero-order chi connectivity index (χ0) is 19.0. The van der Waals surface area contributed by atoms with Gasteiger partial charge in [0.25, 0.3) is 5.91 Å². The SMILES string of the molecule is CCCn1c(C)nc2cc(NC(=O)C3CN(C)c4ccccc4O3)ccc21. The minimum absolute atomic E-state index is 0.152. The summed E-state index contributed by atoms with van der Waals surface area (Å²) >= 11 is 0. The number of hydrogen-bond acceptors (Lipinski definition) is 4. The van der Waals surface area contributed by atoms with Gasteiger partial charge in [-0.1, -0.05) is 19.1 Å². The molecule has 0 bridgehead atoms. The zero-order valence-electron chi connectivity index (χ0n) is 15.9. The molecule has 140 valence electrons. The van der Waals surface area contributed by atoms with Crippen molar-refractivity contribution in [2.45, 2.75) is 32.9 Å². The molecule has 2 heterocycles. The summed E-state index contributed by atoms with van der Waals surface area (Å²) < 4.78 is 8.11. The molecule has 27 heavy (non-hydrogen) atoms. The number of nitrogens with zero attached hydrogens (tertiary/aromatic N) is 3. The number of para-hydroxylation sites is 2. The van der Waals surface area contributed by atoms with Crippen molar-refractivity contribution >= 4 is 28.3 Å². The van der Waals surface area contributed by atoms with E-state index < -0.39 is 6.10 Å². The van der Waals surface area contributed by atoms with Crippen LogP contribution in [0, 0.1) is 6.92 Å². The Morgan fingerprint density at radius 3 is 2.93 bits per heavy atom. The fourth-order valence-corrected chi connectivity index (χ4v) is 3.60. The summed E-state index contributed by atoms with van der Waals surface area (Å²) in [6.45, 7) is 5.61. The minimum Gasteiger partial charge on any atom is -0.477 e. The first-order valence-corrected chi connectivity index (χ1v) is 9.31. The molecule has 6 heteroatoms. The Morgan fingerprint density at radius 2 is 2.11 bits per heavy atom. The van der Waals surface area contributed by atoms with Crippen LogP contribution in [0.4, 0.5) is 11.4 Å². The van der Waals surface area contributed by atoms with Gasteiger partial charge in [0.1, 0.15) is 11.6 Å². The Hall–Kier alpha value is -3.02. The van der Waals surface area contributed by atoms with E-state index in [-0.39, 0.29) is 5.91 Å². The molecule has 1 atom stereocenters. The molecular formula is C21H24N4O2. The van der Waals surface area contributed by atoms with Gasteiger partial charge in [-0.05, 0) is 43.7 Å². The second kappa shape index (κ2) is 6.95. The van der Waals surface area contributed by atoms with Crippen molar-refractivity contribution in [3.8, 4) is 5.75 Å². The monoisotopic (exact) mass is 364 g/mol. The number of benzene rings is 2. The van der Waals surface area contributed by atoms with Crippen molar-refractivity contribution in [1.82, 2.24) is 9.55 Å². The standard InChI is InChI=1S/C21H24N4O2/c1-4-11-25-14(2)22-16-12-15(9-10-17(16)25)23-21(26)20-13-24(3)18-7-5-6-8-19(18)27-20/h5-10,12,20H,4,11,13H2,1-3H3,(H,23,26). The fraction of sp³-hybridized carbons (Fsp3) is 0.333. The van der Waals surface area contributed by atoms with E-state index >= 15 is 0 Å². The Kier molecular flexibility index (Phi) is 4.48. The van der Waals surface area contributed by atoms with Crippen LogP contribution in [0.5, 0.6) is 5.75 Å². The van der Waals surface area contributed by atoms with Crippen LogP contribution in [0.1, 0.15) is 19.2 Å². The number of imidazole rings is 1. The summed E-state index contributed by atoms with van der Waals surface area (Å²) in [5, 5.41) is 2.98. The summed E-state index contributed by atoms with van der Waals surface area (Å²) in [7, 11) is 1.97. The number of aromatic nitrogens is 2. The first-order valence-electron chi connectivity index (χ1n) is 9.31. The van der Waals surface area contributed by atoms with E-state index in [0.29, 0.717) is 6.54 Å². The number of likely N-dealkylation sites (N-methyl/N-ethyl adjacent to an activating group) is 1. The van der Waals surface area contributed by atoms with Gasteiger partial charge in [0.2, 0.25) is 0 Å². The molecular weight excluding hydrogens is 340 g/mol. The van der Waals surface area contributed by atoms with Gasteiger partial charge in [-0.3, -0.25) is 4.79 Å². The normalized spacial score (nSPS) is 16.1. The number of rotatable bonds is 4. The van der Waals surface area contributed by atoms with Crippen LogP contribution < -0.4 is 15.0 Å². The predicted molar refractivity (Wildman–Crippen MR) is 108 cm³/mol. The third-order valence-electron chi connectivity index (χ3n) is 4.93. The number of aryl methyl sites for hydroxylation is 2. The Balaban J connectivity index is 1.53. The van der Waals surface area contributed by atoms with Crippen molar-refractivity contribution in [3.63, 3.8) is 0 Å². The van der Waals surface area contributed by atoms with Crippen molar-refractivity contribution in [2.24, 2.45) is 0 Å². The summed E-state index contributed by atoms with van der Waals surface area (Å²) in [5.41, 5.74) is 3.72. The van der Waals surface area contributed by atoms with Gasteiger partial charge in [-0.15, -0.1) is 0 Å². The molecule has 1 amide bonds. The van der Waals surface area contributed by atoms with E-state index in [1.54, 1.807) is 0 Å². The molecule has 6 nitrogen and oxygen atoms in total. The second-order valence-corrected chi connectivity index (χ2v) is 6.96. The number of amides is 1. The van der Waals surface area contributed by atoms with Crippen molar-refractivity contribution in [2.75, 3.05) is 23.8 Å². The lowest BCUT2D eigenvalue weighted by Crippen LogP contribution is -2.45. The summed E-state index contributed by atoms with van der Waals surface area (Å²) in [6, 6.07) is 13.6. The number of fused-ring (bicyclic) bond motifs is 2. The summed E-state index contributed by atoms with van der Waals surface area (Å²) in [5.74, 6) is 1.57. The maximum absolute atomic E-state index is 12.7. The molecule has 4 rings (SSSR count). The van der Waals surface area contributed by atoms with Crippen LogP contribution in [0.15, 0.2) is 42.5 Å². The van der Waals surface area contributed by atoms with Crippen LogP contribution in [0.25, 0.3) is 11.0 Å². The number of anilines is 2. The molecule has 3 aromatic rings. The number of hydrogen-bond donors (Lipinski definition) is 1. The smallest absolute Gasteiger partial charge is 0.267 e. The molecule has 2 aromatic carbocycles. The molecule has 1 aromatic heterocycles. The fourth-order valence-electron chi connectivity index (χ4n) is 3.60. The van der Waals surface area contributed by atoms with Crippen molar-refractivity contribution < 1.29 is 9.53 Å². The van der Waals surface area contributed by atoms with E-state index in [1.807, 2.05) is 61.3 Å². The minimum atomic E-state index is -0.556. The highest BCUT2D eigenvalue weighted by molar-refractivity contribution is 5.97. The van der Waals surface area contributed by atoms with Crippen LogP contribution in [0.2, 0.25) is 0 Å². The molecule has 0 radical (unpaired) electrons. The lowest BCUT2D eigenvalue weighted by molar-refractivity contribution is -0.122. The summed E-state index contributed by atoms with van der Waals surface area (Å²) in [6.07, 6.45) is 0.499. The van der Waals surface area contributed by atoms with E-state index in [0.717, 1.165) is 46.9 Å². The van der Waals surface area contributed by atoms with Gasteiger partial charge in [0.05, 0.1) is 23.3 Å². The van der Waals surface area contributed by atoms with Gasteiger partial charge in [-0.25, -0.2) is 4.98 Å². The van der Waals surface area contributed by atoms with Gasteiger partial charge >= 0.3 is 0 Å². The van der Waals surface area contributed by atoms with Gasteiger partial charge in [-0.2, -0.15) is 0 Å². The lowest BCUT2D eigenvalue weighted by atomic mass is 10.2. The van der Waals surface area contributed by atoms with Crippen molar-refractivity contribution in [3.05, 3.63) is 48.3 Å². The first kappa shape index (κ1) is 17.4. The van der Waals surface area contributed by atoms with E-state index in [9.17, 15) is 4.79 Å². The van der Waals surface area contributed by atoms with Gasteiger partial charge in [0.15, 0.2) is 6.10 Å². The molecule has 0 aliphatic carbocycles. The first-order chi connectivity index (χ1) is 13.1. The maximum atomic E-state index is 12.7. The molecule has 1 unspecified atom stereocenters. The molecule has 1 aliphatic rings. The highest BCUT2D eigenvalue weighted by atomic mass is 16.5. The Morgan fingerprint density at radius 1 is 1.30 bits per heavy atom. The Labute approximate surface area is 158 Å². The average Bonchev–Trinajstić information content (AvgIpc) is 2.97. The van der Waals surface area contributed by atoms with E-state index in [2.05, 4.69) is 21.8 Å². The topological polar surface area (TPSA) is 59.4 Å². The number of carbonyl (C=O) groups is 1. The van der Waals surface area contributed by atoms with E-state index in [1.165, 1.54) is 0 Å². The second-order valence-electron chi connectivity index (χ2n) is 6.96. The third-order valence-corrected chi connectivity index (χ3v) is 4.93. The van der Waals surface area contributed by atoms with Crippen LogP contribution in [-0.2, 0) is 11.3 Å². The molecule has 0 spiro atoms. The largest absolute Gasteiger partial charge is 0.477 e. The van der Waals surface area contributed by atoms with Crippen LogP contribution in [0.3, 0.4) is 0 Å². The van der Waals surface area contributed by atoms with Gasteiger partial charge in [0, 0.05) is 19.3 Å². The Bertz CT molecular complexity index is 995. The highest BCUT2D eigenvalue weighted by Gasteiger charge is 2.29. The predicted octanol–water partition coefficient (Wildman–Crippen LogP) is 3.59.